The first kappa shape index (κ1) is 23.2. The van der Waals surface area contributed by atoms with Gasteiger partial charge in [0.15, 0.2) is 0 Å². The van der Waals surface area contributed by atoms with Crippen LogP contribution in [0.3, 0.4) is 0 Å². The topological polar surface area (TPSA) is 71.4 Å². The molecule has 4 amide bonds. The number of benzene rings is 2. The fraction of sp³-hybridized carbons (Fsp3) is 0.250. The van der Waals surface area contributed by atoms with Crippen molar-refractivity contribution in [3.63, 3.8) is 0 Å². The lowest BCUT2D eigenvalue weighted by Gasteiger charge is -2.26. The highest BCUT2D eigenvalue weighted by Crippen LogP contribution is 2.27. The molecule has 1 atom stereocenters. The molecule has 3 aromatic rings. The number of nitrogens with zero attached hydrogens (tertiary/aromatic N) is 2. The van der Waals surface area contributed by atoms with Gasteiger partial charge in [-0.25, -0.2) is 9.69 Å². The summed E-state index contributed by atoms with van der Waals surface area (Å²) < 4.78 is 2.08. The lowest BCUT2D eigenvalue weighted by Crippen LogP contribution is -2.54. The lowest BCUT2D eigenvalue weighted by atomic mass is 9.98. The number of rotatable bonds is 5. The van der Waals surface area contributed by atoms with Gasteiger partial charge in [-0.15, -0.1) is 0 Å². The number of hydrogen-bond acceptors (Lipinski definition) is 3. The van der Waals surface area contributed by atoms with E-state index < -0.39 is 17.8 Å². The van der Waals surface area contributed by atoms with Crippen molar-refractivity contribution in [1.82, 2.24) is 9.88 Å². The number of aromatic nitrogens is 1. The van der Waals surface area contributed by atoms with E-state index in [1.165, 1.54) is 5.56 Å². The van der Waals surface area contributed by atoms with Gasteiger partial charge >= 0.3 is 6.03 Å². The maximum absolute atomic E-state index is 13.3. The molecule has 1 fully saturated rings. The van der Waals surface area contributed by atoms with E-state index in [2.05, 4.69) is 23.7 Å². The molecule has 174 valence electrons. The predicted octanol–water partition coefficient (Wildman–Crippen LogP) is 5.58. The Morgan fingerprint density at radius 1 is 0.912 bits per heavy atom. The minimum Gasteiger partial charge on any atom is -0.318 e. The van der Waals surface area contributed by atoms with Crippen LogP contribution >= 0.6 is 0 Å². The van der Waals surface area contributed by atoms with Gasteiger partial charge < -0.3 is 4.57 Å². The minimum absolute atomic E-state index is 0.0743. The van der Waals surface area contributed by atoms with E-state index in [0.29, 0.717) is 11.6 Å². The maximum atomic E-state index is 13.3. The molecule has 0 unspecified atom stereocenters. The summed E-state index contributed by atoms with van der Waals surface area (Å²) in [7, 11) is 0. The predicted molar refractivity (Wildman–Crippen MR) is 134 cm³/mol. The molecule has 1 N–H and O–H groups in total. The fourth-order valence-electron chi connectivity index (χ4n) is 4.26. The van der Waals surface area contributed by atoms with E-state index in [-0.39, 0.29) is 5.57 Å². The molecule has 6 heteroatoms. The molecule has 2 heterocycles. The van der Waals surface area contributed by atoms with Crippen LogP contribution in [-0.2, 0) is 9.59 Å². The summed E-state index contributed by atoms with van der Waals surface area (Å²) in [6.07, 6.45) is 2.56. The second-order valence-electron chi connectivity index (χ2n) is 8.86. The third-order valence-electron chi connectivity index (χ3n) is 6.50. The van der Waals surface area contributed by atoms with E-state index in [1.807, 2.05) is 63.2 Å². The summed E-state index contributed by atoms with van der Waals surface area (Å²) in [5.74, 6) is -0.950. The van der Waals surface area contributed by atoms with Crippen molar-refractivity contribution in [2.75, 3.05) is 4.90 Å². The Kier molecular flexibility index (Phi) is 6.24. The zero-order valence-corrected chi connectivity index (χ0v) is 20.2. The van der Waals surface area contributed by atoms with Gasteiger partial charge in [0.1, 0.15) is 5.57 Å². The maximum Gasteiger partial charge on any atom is 0.335 e. The number of carbonyl (C=O) groups excluding carboxylic acids is 3. The molecule has 0 bridgehead atoms. The molecule has 2 aromatic carbocycles. The zero-order valence-electron chi connectivity index (χ0n) is 20.2. The first-order chi connectivity index (χ1) is 16.2. The number of anilines is 1. The van der Waals surface area contributed by atoms with Crippen LogP contribution in [0, 0.1) is 20.8 Å². The highest BCUT2D eigenvalue weighted by molar-refractivity contribution is 6.39. The Morgan fingerprint density at radius 3 is 2.15 bits per heavy atom. The van der Waals surface area contributed by atoms with Crippen molar-refractivity contribution in [2.24, 2.45) is 0 Å². The highest BCUT2D eigenvalue weighted by Gasteiger charge is 2.37. The van der Waals surface area contributed by atoms with Crippen molar-refractivity contribution in [3.05, 3.63) is 88.2 Å². The van der Waals surface area contributed by atoms with Gasteiger partial charge in [0.05, 0.1) is 5.69 Å². The van der Waals surface area contributed by atoms with Crippen molar-refractivity contribution >= 4 is 29.6 Å². The van der Waals surface area contributed by atoms with Crippen LogP contribution in [0.1, 0.15) is 54.3 Å². The van der Waals surface area contributed by atoms with Crippen LogP contribution in [0.5, 0.6) is 0 Å². The van der Waals surface area contributed by atoms with Crippen LogP contribution < -0.4 is 10.2 Å². The Labute approximate surface area is 199 Å². The van der Waals surface area contributed by atoms with Crippen LogP contribution in [-0.4, -0.2) is 22.4 Å². The molecule has 0 saturated carbocycles. The zero-order chi connectivity index (χ0) is 24.6. The molecule has 1 aliphatic rings. The molecule has 0 spiro atoms. The van der Waals surface area contributed by atoms with Gasteiger partial charge in [0, 0.05) is 17.1 Å². The van der Waals surface area contributed by atoms with Crippen LogP contribution in [0.25, 0.3) is 11.8 Å². The lowest BCUT2D eigenvalue weighted by molar-refractivity contribution is -0.122. The third-order valence-corrected chi connectivity index (χ3v) is 6.50. The van der Waals surface area contributed by atoms with Crippen LogP contribution in [0.2, 0.25) is 0 Å². The monoisotopic (exact) mass is 455 g/mol. The molecule has 0 aliphatic carbocycles. The summed E-state index contributed by atoms with van der Waals surface area (Å²) >= 11 is 0. The number of hydrogen-bond donors (Lipinski definition) is 1. The molecule has 4 rings (SSSR count). The molecule has 1 aromatic heterocycles. The van der Waals surface area contributed by atoms with Gasteiger partial charge in [-0.2, -0.15) is 0 Å². The van der Waals surface area contributed by atoms with Crippen LogP contribution in [0.4, 0.5) is 10.5 Å². The average Bonchev–Trinajstić information content (AvgIpc) is 3.09. The number of nitrogens with one attached hydrogen (secondary N) is 1. The molecule has 1 aliphatic heterocycles. The summed E-state index contributed by atoms with van der Waals surface area (Å²) in [5.41, 5.74) is 6.28. The Hall–Kier alpha value is -3.93. The molecule has 1 saturated heterocycles. The van der Waals surface area contributed by atoms with Crippen molar-refractivity contribution < 1.29 is 14.4 Å². The van der Waals surface area contributed by atoms with Gasteiger partial charge in [-0.1, -0.05) is 43.7 Å². The smallest absolute Gasteiger partial charge is 0.318 e. The number of aryl methyl sites for hydroxylation is 2. The van der Waals surface area contributed by atoms with E-state index in [9.17, 15) is 14.4 Å². The number of barbiturate groups is 1. The molecule has 34 heavy (non-hydrogen) atoms. The summed E-state index contributed by atoms with van der Waals surface area (Å²) in [5, 5.41) is 2.31. The van der Waals surface area contributed by atoms with Crippen molar-refractivity contribution in [3.8, 4) is 5.69 Å². The second-order valence-corrected chi connectivity index (χ2v) is 8.86. The molecule has 6 nitrogen and oxygen atoms in total. The molecule has 0 radical (unpaired) electrons. The molecular weight excluding hydrogens is 426 g/mol. The second kappa shape index (κ2) is 9.14. The Balaban J connectivity index is 1.70. The third kappa shape index (κ3) is 4.19. The quantitative estimate of drug-likeness (QED) is 0.403. The number of amides is 4. The summed E-state index contributed by atoms with van der Waals surface area (Å²) in [6, 6.07) is 16.7. The number of carbonyl (C=O) groups is 3. The average molecular weight is 456 g/mol. The van der Waals surface area contributed by atoms with Gasteiger partial charge in [0.2, 0.25) is 0 Å². The normalized spacial score (nSPS) is 16.2. The summed E-state index contributed by atoms with van der Waals surface area (Å²) in [4.78, 5) is 39.5. The van der Waals surface area contributed by atoms with E-state index in [1.54, 1.807) is 18.2 Å². The van der Waals surface area contributed by atoms with E-state index >= 15 is 0 Å². The van der Waals surface area contributed by atoms with Gasteiger partial charge in [-0.3, -0.25) is 14.9 Å². The van der Waals surface area contributed by atoms with E-state index in [4.69, 9.17) is 0 Å². The largest absolute Gasteiger partial charge is 0.335 e. The number of imide groups is 2. The Morgan fingerprint density at radius 2 is 1.53 bits per heavy atom. The fourth-order valence-corrected chi connectivity index (χ4v) is 4.26. The van der Waals surface area contributed by atoms with Crippen LogP contribution in [0.15, 0.2) is 60.2 Å². The van der Waals surface area contributed by atoms with Crippen molar-refractivity contribution in [1.29, 1.82) is 0 Å². The SMILES string of the molecule is CC[C@@H](C)c1ccc(N2C(=O)NC(=O)/C(=C/c3cc(C)n(-c4ccc(C)cc4)c3C)C2=O)cc1. The van der Waals surface area contributed by atoms with E-state index in [0.717, 1.165) is 39.5 Å². The first-order valence-electron chi connectivity index (χ1n) is 11.5. The van der Waals surface area contributed by atoms with Crippen molar-refractivity contribution in [2.45, 2.75) is 47.0 Å². The van der Waals surface area contributed by atoms with Gasteiger partial charge in [-0.05, 0) is 80.6 Å². The van der Waals surface area contributed by atoms with Gasteiger partial charge in [0.25, 0.3) is 11.8 Å². The number of urea groups is 1. The minimum atomic E-state index is -0.742. The summed E-state index contributed by atoms with van der Waals surface area (Å²) in [6.45, 7) is 10.2. The highest BCUT2D eigenvalue weighted by atomic mass is 16.2. The first-order valence-corrected chi connectivity index (χ1v) is 11.5. The standard InChI is InChI=1S/C28H29N3O3/c1-6-18(3)21-9-13-24(14-10-21)31-27(33)25(26(32)29-28(31)34)16-22-15-19(4)30(20(22)5)23-11-7-17(2)8-12-23/h7-16,18H,6H2,1-5H3,(H,29,32,34)/b25-16-/t18-/m1/s1. The Bertz CT molecular complexity index is 1300. The molecular formula is C28H29N3O3.